The molecule has 2 aromatic rings. The maximum atomic E-state index is 11.9. The first kappa shape index (κ1) is 21.0. The van der Waals surface area contributed by atoms with Gasteiger partial charge in [-0.15, -0.1) is 12.4 Å². The Morgan fingerprint density at radius 3 is 2.60 bits per heavy atom. The highest BCUT2D eigenvalue weighted by Crippen LogP contribution is 2.22. The molecule has 5 heteroatoms. The number of hydrogen-bond donors (Lipinski definition) is 2. The molecule has 0 saturated heterocycles. The lowest BCUT2D eigenvalue weighted by molar-refractivity contribution is -0.116. The molecule has 2 rings (SSSR count). The SMILES string of the molecule is Cc1cccc(COc2ccc(NC(=O)CCC(C)N)c(C)c2)c1.Cl. The first-order valence-electron chi connectivity index (χ1n) is 8.28. The summed E-state index contributed by atoms with van der Waals surface area (Å²) >= 11 is 0. The fourth-order valence-corrected chi connectivity index (χ4v) is 2.41. The number of carbonyl (C=O) groups is 1. The van der Waals surface area contributed by atoms with Gasteiger partial charge in [-0.2, -0.15) is 0 Å². The highest BCUT2D eigenvalue weighted by Gasteiger charge is 2.07. The largest absolute Gasteiger partial charge is 0.489 e. The molecule has 0 aliphatic carbocycles. The second-order valence-corrected chi connectivity index (χ2v) is 6.32. The number of anilines is 1. The normalized spacial score (nSPS) is 11.4. The van der Waals surface area contributed by atoms with E-state index < -0.39 is 0 Å². The van der Waals surface area contributed by atoms with E-state index in [0.29, 0.717) is 19.4 Å². The first-order chi connectivity index (χ1) is 11.4. The molecule has 2 aromatic carbocycles. The van der Waals surface area contributed by atoms with Gasteiger partial charge in [0.15, 0.2) is 0 Å². The van der Waals surface area contributed by atoms with Crippen LogP contribution in [0.4, 0.5) is 5.69 Å². The highest BCUT2D eigenvalue weighted by atomic mass is 35.5. The molecular formula is C20H27ClN2O2. The van der Waals surface area contributed by atoms with E-state index in [1.54, 1.807) is 0 Å². The molecular weight excluding hydrogens is 336 g/mol. The van der Waals surface area contributed by atoms with Crippen molar-refractivity contribution < 1.29 is 9.53 Å². The Morgan fingerprint density at radius 1 is 1.20 bits per heavy atom. The zero-order chi connectivity index (χ0) is 17.5. The van der Waals surface area contributed by atoms with Crippen LogP contribution in [0.3, 0.4) is 0 Å². The lowest BCUT2D eigenvalue weighted by Crippen LogP contribution is -2.19. The number of rotatable bonds is 7. The summed E-state index contributed by atoms with van der Waals surface area (Å²) in [5, 5.41) is 2.92. The van der Waals surface area contributed by atoms with E-state index >= 15 is 0 Å². The summed E-state index contributed by atoms with van der Waals surface area (Å²) in [5.74, 6) is 0.784. The van der Waals surface area contributed by atoms with Crippen LogP contribution in [-0.4, -0.2) is 11.9 Å². The average Bonchev–Trinajstić information content (AvgIpc) is 2.53. The molecule has 0 saturated carbocycles. The van der Waals surface area contributed by atoms with E-state index in [0.717, 1.165) is 22.6 Å². The number of aryl methyl sites for hydroxylation is 2. The lowest BCUT2D eigenvalue weighted by atomic mass is 10.1. The van der Waals surface area contributed by atoms with E-state index in [1.807, 2.05) is 44.2 Å². The zero-order valence-electron chi connectivity index (χ0n) is 15.0. The number of benzene rings is 2. The average molecular weight is 363 g/mol. The zero-order valence-corrected chi connectivity index (χ0v) is 15.9. The molecule has 0 aliphatic heterocycles. The van der Waals surface area contributed by atoms with E-state index in [1.165, 1.54) is 5.56 Å². The van der Waals surface area contributed by atoms with Crippen molar-refractivity contribution in [1.82, 2.24) is 0 Å². The monoisotopic (exact) mass is 362 g/mol. The van der Waals surface area contributed by atoms with Crippen molar-refractivity contribution in [3.05, 3.63) is 59.2 Å². The first-order valence-corrected chi connectivity index (χ1v) is 8.28. The molecule has 0 fully saturated rings. The Kier molecular flexibility index (Phi) is 8.46. The van der Waals surface area contributed by atoms with Crippen molar-refractivity contribution in [2.75, 3.05) is 5.32 Å². The number of nitrogens with two attached hydrogens (primary N) is 1. The lowest BCUT2D eigenvalue weighted by Gasteiger charge is -2.12. The van der Waals surface area contributed by atoms with Gasteiger partial charge >= 0.3 is 0 Å². The second kappa shape index (κ2) is 10.1. The van der Waals surface area contributed by atoms with Gasteiger partial charge in [0.2, 0.25) is 5.91 Å². The van der Waals surface area contributed by atoms with Gasteiger partial charge in [0, 0.05) is 18.2 Å². The summed E-state index contributed by atoms with van der Waals surface area (Å²) in [6.45, 7) is 6.46. The molecule has 1 unspecified atom stereocenters. The number of halogens is 1. The van der Waals surface area contributed by atoms with Gasteiger partial charge in [-0.3, -0.25) is 4.79 Å². The van der Waals surface area contributed by atoms with Crippen LogP contribution in [0.25, 0.3) is 0 Å². The molecule has 25 heavy (non-hydrogen) atoms. The molecule has 0 spiro atoms. The molecule has 0 radical (unpaired) electrons. The van der Waals surface area contributed by atoms with Crippen LogP contribution >= 0.6 is 12.4 Å². The predicted octanol–water partition coefficient (Wildman–Crippen LogP) is 4.37. The Balaban J connectivity index is 0.00000312. The van der Waals surface area contributed by atoms with E-state index in [4.69, 9.17) is 10.5 Å². The maximum absolute atomic E-state index is 11.9. The van der Waals surface area contributed by atoms with Gasteiger partial charge in [0.25, 0.3) is 0 Å². The van der Waals surface area contributed by atoms with Crippen molar-refractivity contribution in [2.24, 2.45) is 5.73 Å². The minimum Gasteiger partial charge on any atom is -0.489 e. The standard InChI is InChI=1S/C20H26N2O2.ClH/c1-14-5-4-6-17(11-14)13-24-18-8-9-19(15(2)12-18)22-20(23)10-7-16(3)21;/h4-6,8-9,11-12,16H,7,10,13,21H2,1-3H3,(H,22,23);1H. The summed E-state index contributed by atoms with van der Waals surface area (Å²) in [7, 11) is 0. The minimum absolute atomic E-state index is 0. The van der Waals surface area contributed by atoms with Crippen molar-refractivity contribution in [2.45, 2.75) is 46.3 Å². The highest BCUT2D eigenvalue weighted by molar-refractivity contribution is 5.91. The number of nitrogens with one attached hydrogen (secondary N) is 1. The molecule has 4 nitrogen and oxygen atoms in total. The molecule has 1 atom stereocenters. The van der Waals surface area contributed by atoms with E-state index in [9.17, 15) is 4.79 Å². The van der Waals surface area contributed by atoms with Crippen molar-refractivity contribution >= 4 is 24.0 Å². The van der Waals surface area contributed by atoms with Crippen LogP contribution in [-0.2, 0) is 11.4 Å². The van der Waals surface area contributed by atoms with Gasteiger partial charge in [0.1, 0.15) is 12.4 Å². The van der Waals surface area contributed by atoms with Crippen LogP contribution in [0.5, 0.6) is 5.75 Å². The topological polar surface area (TPSA) is 64.3 Å². The maximum Gasteiger partial charge on any atom is 0.224 e. The third-order valence-electron chi connectivity index (χ3n) is 3.79. The number of carbonyl (C=O) groups excluding carboxylic acids is 1. The summed E-state index contributed by atoms with van der Waals surface area (Å²) in [4.78, 5) is 11.9. The van der Waals surface area contributed by atoms with Crippen LogP contribution < -0.4 is 15.8 Å². The fraction of sp³-hybridized carbons (Fsp3) is 0.350. The number of hydrogen-bond acceptors (Lipinski definition) is 3. The Labute approximate surface area is 156 Å². The van der Waals surface area contributed by atoms with Gasteiger partial charge in [0.05, 0.1) is 0 Å². The van der Waals surface area contributed by atoms with Gasteiger partial charge in [-0.25, -0.2) is 0 Å². The fourth-order valence-electron chi connectivity index (χ4n) is 2.41. The third kappa shape index (κ3) is 7.16. The molecule has 1 amide bonds. The number of amides is 1. The summed E-state index contributed by atoms with van der Waals surface area (Å²) < 4.78 is 5.84. The smallest absolute Gasteiger partial charge is 0.224 e. The minimum atomic E-state index is -0.0103. The van der Waals surface area contributed by atoms with Crippen LogP contribution in [0, 0.1) is 13.8 Å². The summed E-state index contributed by atoms with van der Waals surface area (Å²) in [6.07, 6.45) is 1.12. The van der Waals surface area contributed by atoms with E-state index in [2.05, 4.69) is 24.4 Å². The Bertz CT molecular complexity index is 702. The molecule has 3 N–H and O–H groups in total. The van der Waals surface area contributed by atoms with Crippen molar-refractivity contribution in [1.29, 1.82) is 0 Å². The molecule has 0 bridgehead atoms. The van der Waals surface area contributed by atoms with Gasteiger partial charge in [-0.1, -0.05) is 29.8 Å². The van der Waals surface area contributed by atoms with Crippen LogP contribution in [0.1, 0.15) is 36.5 Å². The predicted molar refractivity (Wildman–Crippen MR) is 105 cm³/mol. The summed E-state index contributed by atoms with van der Waals surface area (Å²) in [6, 6.07) is 14.0. The summed E-state index contributed by atoms with van der Waals surface area (Å²) in [5.41, 5.74) is 9.83. The van der Waals surface area contributed by atoms with Gasteiger partial charge < -0.3 is 15.8 Å². The Hall–Kier alpha value is -2.04. The quantitative estimate of drug-likeness (QED) is 0.768. The second-order valence-electron chi connectivity index (χ2n) is 6.32. The van der Waals surface area contributed by atoms with Crippen molar-refractivity contribution in [3.8, 4) is 5.75 Å². The van der Waals surface area contributed by atoms with Gasteiger partial charge in [-0.05, 0) is 56.5 Å². The molecule has 0 heterocycles. The van der Waals surface area contributed by atoms with Crippen LogP contribution in [0.15, 0.2) is 42.5 Å². The molecule has 0 aliphatic rings. The van der Waals surface area contributed by atoms with E-state index in [-0.39, 0.29) is 24.4 Å². The Morgan fingerprint density at radius 2 is 1.96 bits per heavy atom. The third-order valence-corrected chi connectivity index (χ3v) is 3.79. The number of ether oxygens (including phenoxy) is 1. The molecule has 136 valence electrons. The van der Waals surface area contributed by atoms with Crippen LogP contribution in [0.2, 0.25) is 0 Å². The van der Waals surface area contributed by atoms with Crippen molar-refractivity contribution in [3.63, 3.8) is 0 Å². The molecule has 0 aromatic heterocycles.